The Balaban J connectivity index is 1.77. The van der Waals surface area contributed by atoms with Crippen LogP contribution in [0, 0.1) is 0 Å². The van der Waals surface area contributed by atoms with Crippen molar-refractivity contribution in [2.24, 2.45) is 7.05 Å². The van der Waals surface area contributed by atoms with E-state index < -0.39 is 0 Å². The molecule has 25 heavy (non-hydrogen) atoms. The molecule has 0 aliphatic heterocycles. The first-order chi connectivity index (χ1) is 12.1. The number of amides is 1. The van der Waals surface area contributed by atoms with Gasteiger partial charge in [-0.2, -0.15) is 5.10 Å². The number of carbonyl (C=O) groups excluding carboxylic acids is 1. The number of aryl methyl sites for hydroxylation is 1. The molecule has 6 heteroatoms. The third-order valence-electron chi connectivity index (χ3n) is 4.26. The van der Waals surface area contributed by atoms with E-state index in [1.807, 2.05) is 68.4 Å². The zero-order chi connectivity index (χ0) is 17.8. The van der Waals surface area contributed by atoms with Gasteiger partial charge < -0.3 is 14.8 Å². The topological polar surface area (TPSA) is 55.1 Å². The van der Waals surface area contributed by atoms with Crippen molar-refractivity contribution < 1.29 is 4.79 Å². The molecule has 0 spiro atoms. The van der Waals surface area contributed by atoms with Crippen LogP contribution in [0.25, 0.3) is 5.82 Å². The molecule has 1 amide bonds. The van der Waals surface area contributed by atoms with Crippen molar-refractivity contribution in [1.82, 2.24) is 24.6 Å². The average molecular weight is 337 g/mol. The third-order valence-corrected chi connectivity index (χ3v) is 4.26. The van der Waals surface area contributed by atoms with E-state index in [2.05, 4.69) is 27.4 Å². The molecule has 0 bridgehead atoms. The Morgan fingerprint density at radius 1 is 1.16 bits per heavy atom. The van der Waals surface area contributed by atoms with Crippen LogP contribution in [0.5, 0.6) is 0 Å². The number of aromatic nitrogens is 3. The highest BCUT2D eigenvalue weighted by Gasteiger charge is 2.20. The van der Waals surface area contributed by atoms with Crippen LogP contribution in [0.15, 0.2) is 61.1 Å². The summed E-state index contributed by atoms with van der Waals surface area (Å²) in [6.45, 7) is 0.524. The Morgan fingerprint density at radius 3 is 2.48 bits per heavy atom. The number of nitrogens with zero attached hydrogens (tertiary/aromatic N) is 4. The van der Waals surface area contributed by atoms with Crippen molar-refractivity contribution in [3.05, 3.63) is 72.2 Å². The summed E-state index contributed by atoms with van der Waals surface area (Å²) in [6.07, 6.45) is 5.42. The molecule has 1 unspecified atom stereocenters. The van der Waals surface area contributed by atoms with Crippen molar-refractivity contribution in [1.29, 1.82) is 0 Å². The number of nitrogens with one attached hydrogen (secondary N) is 1. The molecular weight excluding hydrogens is 314 g/mol. The first-order valence-electron chi connectivity index (χ1n) is 8.23. The average Bonchev–Trinajstić information content (AvgIpc) is 3.24. The van der Waals surface area contributed by atoms with Gasteiger partial charge in [0, 0.05) is 26.0 Å². The zero-order valence-electron chi connectivity index (χ0n) is 14.8. The fraction of sp³-hybridized carbons (Fsp3) is 0.263. The Morgan fingerprint density at radius 2 is 1.84 bits per heavy atom. The van der Waals surface area contributed by atoms with Crippen LogP contribution in [-0.4, -0.2) is 45.8 Å². The van der Waals surface area contributed by atoms with E-state index in [-0.39, 0.29) is 11.9 Å². The smallest absolute Gasteiger partial charge is 0.256 e. The predicted molar refractivity (Wildman–Crippen MR) is 97.7 cm³/mol. The molecular formula is C19H23N5O. The van der Waals surface area contributed by atoms with Crippen molar-refractivity contribution in [2.45, 2.75) is 6.04 Å². The van der Waals surface area contributed by atoms with Gasteiger partial charge in [-0.3, -0.25) is 9.48 Å². The van der Waals surface area contributed by atoms with Crippen LogP contribution in [0.2, 0.25) is 0 Å². The number of rotatable bonds is 6. The van der Waals surface area contributed by atoms with E-state index in [4.69, 9.17) is 0 Å². The van der Waals surface area contributed by atoms with Crippen molar-refractivity contribution in [3.8, 4) is 5.82 Å². The maximum absolute atomic E-state index is 12.7. The fourth-order valence-electron chi connectivity index (χ4n) is 2.93. The first-order valence-corrected chi connectivity index (χ1v) is 8.23. The van der Waals surface area contributed by atoms with E-state index in [0.29, 0.717) is 12.1 Å². The molecule has 130 valence electrons. The van der Waals surface area contributed by atoms with Crippen LogP contribution >= 0.6 is 0 Å². The maximum Gasteiger partial charge on any atom is 0.256 e. The second kappa shape index (κ2) is 7.36. The highest BCUT2D eigenvalue weighted by atomic mass is 16.1. The van der Waals surface area contributed by atoms with Gasteiger partial charge in [0.05, 0.1) is 12.2 Å². The lowest BCUT2D eigenvalue weighted by atomic mass is 10.1. The highest BCUT2D eigenvalue weighted by molar-refractivity contribution is 5.97. The van der Waals surface area contributed by atoms with Gasteiger partial charge in [0.15, 0.2) is 0 Å². The molecule has 3 rings (SSSR count). The molecule has 1 aromatic carbocycles. The van der Waals surface area contributed by atoms with Crippen LogP contribution < -0.4 is 5.32 Å². The van der Waals surface area contributed by atoms with Crippen molar-refractivity contribution in [3.63, 3.8) is 0 Å². The summed E-state index contributed by atoms with van der Waals surface area (Å²) in [6, 6.07) is 14.1. The van der Waals surface area contributed by atoms with Crippen LogP contribution in [0.3, 0.4) is 0 Å². The minimum absolute atomic E-state index is 0.108. The molecule has 3 aromatic rings. The number of benzene rings is 1. The Hall–Kier alpha value is -2.86. The van der Waals surface area contributed by atoms with Gasteiger partial charge in [-0.05, 0) is 31.8 Å². The summed E-state index contributed by atoms with van der Waals surface area (Å²) in [7, 11) is 5.86. The molecule has 2 heterocycles. The summed E-state index contributed by atoms with van der Waals surface area (Å²) in [4.78, 5) is 14.8. The number of likely N-dealkylation sites (N-methyl/N-ethyl adjacent to an activating group) is 1. The van der Waals surface area contributed by atoms with Gasteiger partial charge in [-0.25, -0.2) is 0 Å². The summed E-state index contributed by atoms with van der Waals surface area (Å²) in [5.41, 5.74) is 1.73. The lowest BCUT2D eigenvalue weighted by Crippen LogP contribution is -2.34. The van der Waals surface area contributed by atoms with E-state index >= 15 is 0 Å². The minimum Gasteiger partial charge on any atom is -0.350 e. The first kappa shape index (κ1) is 17.0. The fourth-order valence-corrected chi connectivity index (χ4v) is 2.93. The molecule has 0 saturated heterocycles. The molecule has 2 aromatic heterocycles. The van der Waals surface area contributed by atoms with Gasteiger partial charge in [0.25, 0.3) is 5.91 Å². The number of carbonyl (C=O) groups is 1. The van der Waals surface area contributed by atoms with Crippen molar-refractivity contribution >= 4 is 5.91 Å². The Labute approximate surface area is 147 Å². The maximum atomic E-state index is 12.7. The second-order valence-corrected chi connectivity index (χ2v) is 6.20. The summed E-state index contributed by atoms with van der Waals surface area (Å²) in [5, 5.41) is 7.29. The Kier molecular flexibility index (Phi) is 5.00. The SMILES string of the molecule is CN(C)C(CNC(=O)c1cnn(C)c1-n1cccc1)c1ccccc1. The molecule has 0 aliphatic rings. The van der Waals surface area contributed by atoms with E-state index in [9.17, 15) is 4.79 Å². The lowest BCUT2D eigenvalue weighted by molar-refractivity contribution is 0.0942. The van der Waals surface area contributed by atoms with E-state index in [1.54, 1.807) is 10.9 Å². The third kappa shape index (κ3) is 3.64. The number of hydrogen-bond donors (Lipinski definition) is 1. The van der Waals surface area contributed by atoms with Crippen molar-refractivity contribution in [2.75, 3.05) is 20.6 Å². The van der Waals surface area contributed by atoms with Gasteiger partial charge in [-0.15, -0.1) is 0 Å². The van der Waals surface area contributed by atoms with E-state index in [1.165, 1.54) is 5.56 Å². The Bertz CT molecular complexity index is 821. The summed E-state index contributed by atoms with van der Waals surface area (Å²) >= 11 is 0. The second-order valence-electron chi connectivity index (χ2n) is 6.20. The minimum atomic E-state index is -0.125. The molecule has 0 aliphatic carbocycles. The normalized spacial score (nSPS) is 12.3. The summed E-state index contributed by atoms with van der Waals surface area (Å²) in [5.74, 6) is 0.628. The predicted octanol–water partition coefficient (Wildman–Crippen LogP) is 2.24. The standard InChI is InChI=1S/C19H23N5O/c1-22(2)17(15-9-5-4-6-10-15)14-20-18(25)16-13-21-23(3)19(16)24-11-7-8-12-24/h4-13,17H,14H2,1-3H3,(H,20,25). The molecule has 0 fully saturated rings. The molecule has 1 atom stereocenters. The lowest BCUT2D eigenvalue weighted by Gasteiger charge is -2.25. The largest absolute Gasteiger partial charge is 0.350 e. The number of hydrogen-bond acceptors (Lipinski definition) is 3. The quantitative estimate of drug-likeness (QED) is 0.750. The molecule has 0 saturated carbocycles. The van der Waals surface area contributed by atoms with Gasteiger partial charge in [0.2, 0.25) is 0 Å². The highest BCUT2D eigenvalue weighted by Crippen LogP contribution is 2.18. The molecule has 1 N–H and O–H groups in total. The van der Waals surface area contributed by atoms with Gasteiger partial charge >= 0.3 is 0 Å². The summed E-state index contributed by atoms with van der Waals surface area (Å²) < 4.78 is 3.60. The monoisotopic (exact) mass is 337 g/mol. The molecule has 6 nitrogen and oxygen atoms in total. The molecule has 0 radical (unpaired) electrons. The van der Waals surface area contributed by atoms with Crippen LogP contribution in [0.4, 0.5) is 0 Å². The van der Waals surface area contributed by atoms with E-state index in [0.717, 1.165) is 5.82 Å². The van der Waals surface area contributed by atoms with Gasteiger partial charge in [-0.1, -0.05) is 30.3 Å². The zero-order valence-corrected chi connectivity index (χ0v) is 14.8. The van der Waals surface area contributed by atoms with Gasteiger partial charge in [0.1, 0.15) is 11.4 Å². The van der Waals surface area contributed by atoms with Crippen LogP contribution in [-0.2, 0) is 7.05 Å². The van der Waals surface area contributed by atoms with Crippen LogP contribution in [0.1, 0.15) is 22.0 Å².